The molecule has 118 valence electrons. The van der Waals surface area contributed by atoms with Gasteiger partial charge in [0.25, 0.3) is 0 Å². The van der Waals surface area contributed by atoms with E-state index in [0.717, 1.165) is 0 Å². The normalized spacial score (nSPS) is 22.6. The van der Waals surface area contributed by atoms with Gasteiger partial charge in [-0.05, 0) is 27.2 Å². The molecule has 1 aliphatic heterocycles. The van der Waals surface area contributed by atoms with Gasteiger partial charge in [-0.1, -0.05) is 0 Å². The molecule has 0 aromatic rings. The summed E-state index contributed by atoms with van der Waals surface area (Å²) in [6.07, 6.45) is -6.11. The molecular formula is C12H21F3N2O3. The Kier molecular flexibility index (Phi) is 5.26. The van der Waals surface area contributed by atoms with Crippen LogP contribution >= 0.6 is 0 Å². The largest absolute Gasteiger partial charge is 0.444 e. The first-order chi connectivity index (χ1) is 8.99. The zero-order chi connectivity index (χ0) is 15.6. The number of nitrogens with zero attached hydrogens (tertiary/aromatic N) is 1. The number of carbonyl (C=O) groups is 1. The third-order valence-corrected chi connectivity index (χ3v) is 2.73. The van der Waals surface area contributed by atoms with E-state index in [-0.39, 0.29) is 19.6 Å². The van der Waals surface area contributed by atoms with Crippen LogP contribution in [0, 0.1) is 0 Å². The third-order valence-electron chi connectivity index (χ3n) is 2.73. The Morgan fingerprint density at radius 3 is 2.55 bits per heavy atom. The molecule has 1 heterocycles. The minimum Gasteiger partial charge on any atom is -0.444 e. The second-order valence-electron chi connectivity index (χ2n) is 5.80. The Morgan fingerprint density at radius 1 is 1.45 bits per heavy atom. The summed E-state index contributed by atoms with van der Waals surface area (Å²) < 4.78 is 47.6. The fourth-order valence-corrected chi connectivity index (χ4v) is 1.77. The van der Waals surface area contributed by atoms with E-state index < -0.39 is 30.0 Å². The van der Waals surface area contributed by atoms with E-state index in [1.807, 2.05) is 0 Å². The van der Waals surface area contributed by atoms with Gasteiger partial charge in [-0.3, -0.25) is 0 Å². The fourth-order valence-electron chi connectivity index (χ4n) is 1.77. The second-order valence-corrected chi connectivity index (χ2v) is 5.80. The van der Waals surface area contributed by atoms with Gasteiger partial charge in [-0.25, -0.2) is 4.79 Å². The molecule has 2 unspecified atom stereocenters. The van der Waals surface area contributed by atoms with Crippen molar-refractivity contribution in [1.29, 1.82) is 0 Å². The number of rotatable bonds is 2. The van der Waals surface area contributed by atoms with Gasteiger partial charge in [0, 0.05) is 6.54 Å². The third kappa shape index (κ3) is 5.54. The van der Waals surface area contributed by atoms with E-state index in [2.05, 4.69) is 0 Å². The number of ether oxygens (including phenoxy) is 2. The standard InChI is InChI=1S/C12H21F3N2O3/c1-11(2,3)20-10(18)17-4-5-19-8(7-17)6-9(16)12(13,14)15/h8-9H,4-7,16H2,1-3H3. The van der Waals surface area contributed by atoms with E-state index in [1.165, 1.54) is 4.90 Å². The quantitative estimate of drug-likeness (QED) is 0.845. The van der Waals surface area contributed by atoms with Crippen molar-refractivity contribution < 1.29 is 27.4 Å². The number of amides is 1. The molecule has 1 aliphatic rings. The maximum Gasteiger partial charge on any atom is 0.410 e. The average Bonchev–Trinajstić information content (AvgIpc) is 2.25. The van der Waals surface area contributed by atoms with Crippen LogP contribution in [0.1, 0.15) is 27.2 Å². The lowest BCUT2D eigenvalue weighted by molar-refractivity contribution is -0.158. The number of nitrogens with two attached hydrogens (primary N) is 1. The minimum atomic E-state index is -4.46. The van der Waals surface area contributed by atoms with Gasteiger partial charge >= 0.3 is 12.3 Å². The molecule has 0 aromatic carbocycles. The molecule has 0 aromatic heterocycles. The lowest BCUT2D eigenvalue weighted by atomic mass is 10.1. The minimum absolute atomic E-state index is 0.0543. The molecule has 0 saturated carbocycles. The summed E-state index contributed by atoms with van der Waals surface area (Å²) in [5.74, 6) is 0. The van der Waals surface area contributed by atoms with Crippen molar-refractivity contribution in [3.8, 4) is 0 Å². The number of carbonyl (C=O) groups excluding carboxylic acids is 1. The Labute approximate surface area is 116 Å². The number of morpholine rings is 1. The van der Waals surface area contributed by atoms with Gasteiger partial charge < -0.3 is 20.1 Å². The SMILES string of the molecule is CC(C)(C)OC(=O)N1CCOC(CC(N)C(F)(F)F)C1. The Morgan fingerprint density at radius 2 is 2.05 bits per heavy atom. The van der Waals surface area contributed by atoms with Crippen molar-refractivity contribution in [3.63, 3.8) is 0 Å². The average molecular weight is 298 g/mol. The molecule has 0 bridgehead atoms. The van der Waals surface area contributed by atoms with Crippen LogP contribution in [0.2, 0.25) is 0 Å². The summed E-state index contributed by atoms with van der Waals surface area (Å²) in [5, 5.41) is 0. The maximum atomic E-state index is 12.4. The molecule has 20 heavy (non-hydrogen) atoms. The Hall–Kier alpha value is -1.02. The summed E-state index contributed by atoms with van der Waals surface area (Å²) in [6.45, 7) is 5.70. The van der Waals surface area contributed by atoms with Gasteiger partial charge in [0.15, 0.2) is 0 Å². The van der Waals surface area contributed by atoms with Crippen molar-refractivity contribution in [3.05, 3.63) is 0 Å². The van der Waals surface area contributed by atoms with Gasteiger partial charge in [-0.15, -0.1) is 0 Å². The van der Waals surface area contributed by atoms with E-state index in [4.69, 9.17) is 15.2 Å². The van der Waals surface area contributed by atoms with Crippen LogP contribution in [-0.2, 0) is 9.47 Å². The van der Waals surface area contributed by atoms with Crippen LogP contribution in [0.3, 0.4) is 0 Å². The van der Waals surface area contributed by atoms with Crippen molar-refractivity contribution >= 4 is 6.09 Å². The monoisotopic (exact) mass is 298 g/mol. The zero-order valence-electron chi connectivity index (χ0n) is 11.9. The molecule has 1 fully saturated rings. The second kappa shape index (κ2) is 6.17. The summed E-state index contributed by atoms with van der Waals surface area (Å²) in [7, 11) is 0. The van der Waals surface area contributed by atoms with Gasteiger partial charge in [0.1, 0.15) is 11.6 Å². The Balaban J connectivity index is 2.52. The molecule has 1 rings (SSSR count). The van der Waals surface area contributed by atoms with Crippen LogP contribution in [0.5, 0.6) is 0 Å². The topological polar surface area (TPSA) is 64.8 Å². The van der Waals surface area contributed by atoms with E-state index in [9.17, 15) is 18.0 Å². The molecule has 2 N–H and O–H groups in total. The first-order valence-electron chi connectivity index (χ1n) is 6.41. The van der Waals surface area contributed by atoms with E-state index >= 15 is 0 Å². The predicted molar refractivity (Wildman–Crippen MR) is 66.2 cm³/mol. The molecule has 8 heteroatoms. The van der Waals surface area contributed by atoms with Crippen LogP contribution in [-0.4, -0.2) is 54.6 Å². The fraction of sp³-hybridized carbons (Fsp3) is 0.917. The van der Waals surface area contributed by atoms with Crippen LogP contribution in [0.4, 0.5) is 18.0 Å². The number of hydrogen-bond donors (Lipinski definition) is 1. The molecule has 2 atom stereocenters. The lowest BCUT2D eigenvalue weighted by Crippen LogP contribution is -2.50. The van der Waals surface area contributed by atoms with Gasteiger partial charge in [0.2, 0.25) is 0 Å². The summed E-state index contributed by atoms with van der Waals surface area (Å²) >= 11 is 0. The van der Waals surface area contributed by atoms with Crippen molar-refractivity contribution in [2.45, 2.75) is 51.1 Å². The van der Waals surface area contributed by atoms with Crippen molar-refractivity contribution in [2.24, 2.45) is 5.73 Å². The summed E-state index contributed by atoms with van der Waals surface area (Å²) in [4.78, 5) is 13.2. The van der Waals surface area contributed by atoms with Crippen LogP contribution < -0.4 is 5.73 Å². The number of alkyl halides is 3. The number of hydrogen-bond acceptors (Lipinski definition) is 4. The highest BCUT2D eigenvalue weighted by Gasteiger charge is 2.39. The first kappa shape index (κ1) is 17.0. The first-order valence-corrected chi connectivity index (χ1v) is 6.41. The highest BCUT2D eigenvalue weighted by Crippen LogP contribution is 2.24. The van der Waals surface area contributed by atoms with E-state index in [1.54, 1.807) is 20.8 Å². The predicted octanol–water partition coefficient (Wildman–Crippen LogP) is 1.90. The van der Waals surface area contributed by atoms with Crippen molar-refractivity contribution in [1.82, 2.24) is 4.90 Å². The summed E-state index contributed by atoms with van der Waals surface area (Å²) in [6, 6.07) is -1.95. The smallest absolute Gasteiger partial charge is 0.410 e. The molecule has 0 aliphatic carbocycles. The number of halogens is 3. The molecule has 1 saturated heterocycles. The zero-order valence-corrected chi connectivity index (χ0v) is 11.9. The van der Waals surface area contributed by atoms with Crippen molar-refractivity contribution in [2.75, 3.05) is 19.7 Å². The Bertz CT molecular complexity index is 342. The maximum absolute atomic E-state index is 12.4. The highest BCUT2D eigenvalue weighted by atomic mass is 19.4. The van der Waals surface area contributed by atoms with E-state index in [0.29, 0.717) is 6.54 Å². The van der Waals surface area contributed by atoms with Crippen LogP contribution in [0.25, 0.3) is 0 Å². The molecule has 1 amide bonds. The van der Waals surface area contributed by atoms with Gasteiger partial charge in [0.05, 0.1) is 19.3 Å². The summed E-state index contributed by atoms with van der Waals surface area (Å²) in [5.41, 5.74) is 4.42. The molecule has 5 nitrogen and oxygen atoms in total. The molecule has 0 spiro atoms. The molecule has 0 radical (unpaired) electrons. The highest BCUT2D eigenvalue weighted by molar-refractivity contribution is 5.68. The van der Waals surface area contributed by atoms with Gasteiger partial charge in [-0.2, -0.15) is 13.2 Å². The lowest BCUT2D eigenvalue weighted by Gasteiger charge is -2.35. The molecular weight excluding hydrogens is 277 g/mol. The van der Waals surface area contributed by atoms with Crippen LogP contribution in [0.15, 0.2) is 0 Å².